The zero-order chi connectivity index (χ0) is 10.1. The maximum absolute atomic E-state index is 6.11. The average Bonchev–Trinajstić information content (AvgIpc) is 2.28. The van der Waals surface area contributed by atoms with E-state index in [4.69, 9.17) is 17.3 Å². The van der Waals surface area contributed by atoms with Gasteiger partial charge in [-0.2, -0.15) is 0 Å². The normalized spacial score (nSPS) is 20.3. The van der Waals surface area contributed by atoms with Crippen molar-refractivity contribution in [3.8, 4) is 0 Å². The summed E-state index contributed by atoms with van der Waals surface area (Å²) in [6, 6.07) is 3.68. The first-order chi connectivity index (χ1) is 6.66. The zero-order valence-corrected chi connectivity index (χ0v) is 8.88. The Kier molecular flexibility index (Phi) is 2.46. The molecule has 0 aliphatic carbocycles. The first-order valence-electron chi connectivity index (χ1n) is 4.79. The van der Waals surface area contributed by atoms with Crippen molar-refractivity contribution in [2.24, 2.45) is 10.9 Å². The second-order valence-corrected chi connectivity index (χ2v) is 4.20. The van der Waals surface area contributed by atoms with Crippen LogP contribution >= 0.6 is 11.6 Å². The molecule has 0 saturated carbocycles. The molecule has 0 aromatic heterocycles. The van der Waals surface area contributed by atoms with Gasteiger partial charge in [0.1, 0.15) is 0 Å². The Hall–Kier alpha value is -1.02. The molecule has 0 fully saturated rings. The summed E-state index contributed by atoms with van der Waals surface area (Å²) < 4.78 is 0. The highest BCUT2D eigenvalue weighted by molar-refractivity contribution is 6.32. The summed E-state index contributed by atoms with van der Waals surface area (Å²) in [5.74, 6) is 0.514. The predicted octanol–water partition coefficient (Wildman–Crippen LogP) is 3.21. The summed E-state index contributed by atoms with van der Waals surface area (Å²) in [6.45, 7) is 2.16. The number of halogens is 1. The summed E-state index contributed by atoms with van der Waals surface area (Å²) in [4.78, 5) is 4.40. The fourth-order valence-electron chi connectivity index (χ4n) is 1.66. The highest BCUT2D eigenvalue weighted by atomic mass is 35.5. The van der Waals surface area contributed by atoms with E-state index >= 15 is 0 Å². The Labute approximate surface area is 88.8 Å². The molecule has 1 atom stereocenters. The number of hydrogen-bond acceptors (Lipinski definition) is 2. The van der Waals surface area contributed by atoms with Gasteiger partial charge < -0.3 is 5.73 Å². The molecule has 74 valence electrons. The summed E-state index contributed by atoms with van der Waals surface area (Å²) >= 11 is 6.11. The number of nitrogen functional groups attached to an aromatic ring is 1. The molecule has 14 heavy (non-hydrogen) atoms. The molecule has 3 heteroatoms. The Bertz CT molecular complexity index is 385. The van der Waals surface area contributed by atoms with Crippen molar-refractivity contribution in [3.63, 3.8) is 0 Å². The lowest BCUT2D eigenvalue weighted by atomic mass is 10.0. The minimum atomic E-state index is 0.514. The first-order valence-corrected chi connectivity index (χ1v) is 5.16. The minimum absolute atomic E-state index is 0.514. The number of rotatable bonds is 0. The van der Waals surface area contributed by atoms with Crippen molar-refractivity contribution in [2.45, 2.75) is 19.8 Å². The molecule has 2 rings (SSSR count). The van der Waals surface area contributed by atoms with Crippen molar-refractivity contribution in [1.29, 1.82) is 0 Å². The van der Waals surface area contributed by atoms with Gasteiger partial charge in [-0.15, -0.1) is 0 Å². The molecule has 1 aromatic carbocycles. The highest BCUT2D eigenvalue weighted by Crippen LogP contribution is 2.33. The molecule has 1 aliphatic rings. The van der Waals surface area contributed by atoms with Gasteiger partial charge >= 0.3 is 0 Å². The molecule has 1 heterocycles. The molecule has 0 spiro atoms. The summed E-state index contributed by atoms with van der Waals surface area (Å²) in [5, 5.41) is 0.742. The van der Waals surface area contributed by atoms with E-state index in [0.29, 0.717) is 11.6 Å². The van der Waals surface area contributed by atoms with Gasteiger partial charge in [0.15, 0.2) is 0 Å². The van der Waals surface area contributed by atoms with Gasteiger partial charge in [0.25, 0.3) is 0 Å². The van der Waals surface area contributed by atoms with Crippen LogP contribution in [0, 0.1) is 5.92 Å². The fraction of sp³-hybridized carbons (Fsp3) is 0.364. The third kappa shape index (κ3) is 1.75. The van der Waals surface area contributed by atoms with Crippen LogP contribution in [-0.2, 0) is 6.42 Å². The number of hydrogen-bond donors (Lipinski definition) is 1. The summed E-state index contributed by atoms with van der Waals surface area (Å²) in [7, 11) is 0. The van der Waals surface area contributed by atoms with Crippen molar-refractivity contribution in [2.75, 3.05) is 5.73 Å². The van der Waals surface area contributed by atoms with Crippen LogP contribution in [0.25, 0.3) is 0 Å². The van der Waals surface area contributed by atoms with Crippen molar-refractivity contribution in [1.82, 2.24) is 0 Å². The van der Waals surface area contributed by atoms with Gasteiger partial charge in [-0.1, -0.05) is 18.5 Å². The predicted molar refractivity (Wildman–Crippen MR) is 61.5 cm³/mol. The number of benzene rings is 1. The third-order valence-corrected chi connectivity index (χ3v) is 2.85. The van der Waals surface area contributed by atoms with Gasteiger partial charge in [-0.25, -0.2) is 0 Å². The van der Waals surface area contributed by atoms with E-state index in [1.807, 2.05) is 12.3 Å². The molecule has 0 saturated heterocycles. The van der Waals surface area contributed by atoms with Crippen molar-refractivity contribution < 1.29 is 0 Å². The van der Waals surface area contributed by atoms with Crippen LogP contribution in [0.2, 0.25) is 5.02 Å². The lowest BCUT2D eigenvalue weighted by Gasteiger charge is -2.07. The largest absolute Gasteiger partial charge is 0.399 e. The molecule has 2 nitrogen and oxygen atoms in total. The number of fused-ring (bicyclic) bond motifs is 1. The molecular formula is C11H13ClN2. The molecule has 1 aliphatic heterocycles. The smallest absolute Gasteiger partial charge is 0.0693 e. The Morgan fingerprint density at radius 1 is 1.50 bits per heavy atom. The molecule has 0 radical (unpaired) electrons. The van der Waals surface area contributed by atoms with E-state index in [-0.39, 0.29) is 0 Å². The average molecular weight is 209 g/mol. The minimum Gasteiger partial charge on any atom is -0.399 e. The number of aliphatic imine (C=N–C) groups is 1. The maximum atomic E-state index is 6.11. The van der Waals surface area contributed by atoms with Gasteiger partial charge in [0.2, 0.25) is 0 Å². The third-order valence-electron chi connectivity index (χ3n) is 2.51. The summed E-state index contributed by atoms with van der Waals surface area (Å²) in [6.07, 6.45) is 4.05. The molecule has 1 unspecified atom stereocenters. The second-order valence-electron chi connectivity index (χ2n) is 3.79. The quantitative estimate of drug-likeness (QED) is 0.654. The van der Waals surface area contributed by atoms with Crippen LogP contribution < -0.4 is 5.73 Å². The fourth-order valence-corrected chi connectivity index (χ4v) is 1.98. The van der Waals surface area contributed by atoms with Crippen LogP contribution in [0.15, 0.2) is 17.1 Å². The standard InChI is InChI=1S/C11H13ClN2/c1-7-2-3-9-10(12)4-8(13)5-11(9)14-6-7/h4-7H,2-3,13H2,1H3. The van der Waals surface area contributed by atoms with Gasteiger partial charge in [0, 0.05) is 16.9 Å². The van der Waals surface area contributed by atoms with Gasteiger partial charge in [0.05, 0.1) is 5.69 Å². The van der Waals surface area contributed by atoms with Crippen molar-refractivity contribution in [3.05, 3.63) is 22.7 Å². The first kappa shape index (κ1) is 9.53. The van der Waals surface area contributed by atoms with Crippen LogP contribution in [-0.4, -0.2) is 6.21 Å². The van der Waals surface area contributed by atoms with E-state index < -0.39 is 0 Å². The monoisotopic (exact) mass is 208 g/mol. The van der Waals surface area contributed by atoms with E-state index in [9.17, 15) is 0 Å². The highest BCUT2D eigenvalue weighted by Gasteiger charge is 2.12. The lowest BCUT2D eigenvalue weighted by molar-refractivity contribution is 0.701. The van der Waals surface area contributed by atoms with Crippen LogP contribution in [0.4, 0.5) is 11.4 Å². The second kappa shape index (κ2) is 3.62. The molecule has 0 amide bonds. The van der Waals surface area contributed by atoms with Gasteiger partial charge in [-0.3, -0.25) is 4.99 Å². The molecule has 2 N–H and O–H groups in total. The van der Waals surface area contributed by atoms with Crippen LogP contribution in [0.5, 0.6) is 0 Å². The molecule has 1 aromatic rings. The SMILES string of the molecule is CC1C=Nc2cc(N)cc(Cl)c2CC1. The number of nitrogens with two attached hydrogens (primary N) is 1. The lowest BCUT2D eigenvalue weighted by Crippen LogP contribution is -1.95. The number of anilines is 1. The Morgan fingerprint density at radius 2 is 2.29 bits per heavy atom. The van der Waals surface area contributed by atoms with Crippen molar-refractivity contribution >= 4 is 29.2 Å². The van der Waals surface area contributed by atoms with E-state index in [1.165, 1.54) is 0 Å². The topological polar surface area (TPSA) is 38.4 Å². The zero-order valence-electron chi connectivity index (χ0n) is 8.13. The number of nitrogens with zero attached hydrogens (tertiary/aromatic N) is 1. The summed E-state index contributed by atoms with van der Waals surface area (Å²) in [5.41, 5.74) is 8.45. The Balaban J connectivity index is 2.51. The van der Waals surface area contributed by atoms with E-state index in [1.54, 1.807) is 6.07 Å². The van der Waals surface area contributed by atoms with E-state index in [2.05, 4.69) is 11.9 Å². The maximum Gasteiger partial charge on any atom is 0.0693 e. The molecule has 0 bridgehead atoms. The Morgan fingerprint density at radius 3 is 3.07 bits per heavy atom. The molecular weight excluding hydrogens is 196 g/mol. The van der Waals surface area contributed by atoms with Gasteiger partial charge in [-0.05, 0) is 36.5 Å². The van der Waals surface area contributed by atoms with E-state index in [0.717, 1.165) is 29.1 Å². The van der Waals surface area contributed by atoms with Crippen LogP contribution in [0.1, 0.15) is 18.9 Å². The van der Waals surface area contributed by atoms with Crippen LogP contribution in [0.3, 0.4) is 0 Å².